The first-order valence-electron chi connectivity index (χ1n) is 5.50. The molecule has 0 aliphatic rings. The van der Waals surface area contributed by atoms with Gasteiger partial charge in [0.15, 0.2) is 0 Å². The second kappa shape index (κ2) is 5.26. The molecule has 0 saturated heterocycles. The third-order valence-electron chi connectivity index (χ3n) is 2.27. The van der Waals surface area contributed by atoms with Crippen molar-refractivity contribution in [3.8, 4) is 0 Å². The van der Waals surface area contributed by atoms with Gasteiger partial charge in [0.05, 0.1) is 25.1 Å². The molecule has 0 saturated carbocycles. The average molecular weight is 246 g/mol. The number of aromatic nitrogens is 4. The summed E-state index contributed by atoms with van der Waals surface area (Å²) in [4.78, 5) is 19.4. The van der Waals surface area contributed by atoms with Crippen molar-refractivity contribution in [2.24, 2.45) is 0 Å². The van der Waals surface area contributed by atoms with Crippen LogP contribution >= 0.6 is 0 Å². The molecule has 1 amide bonds. The summed E-state index contributed by atoms with van der Waals surface area (Å²) in [5, 5.41) is 6.84. The highest BCUT2D eigenvalue weighted by atomic mass is 16.1. The van der Waals surface area contributed by atoms with Gasteiger partial charge < -0.3 is 11.1 Å². The van der Waals surface area contributed by atoms with Crippen molar-refractivity contribution < 1.29 is 4.79 Å². The number of anilines is 1. The third kappa shape index (κ3) is 3.03. The Labute approximate surface area is 104 Å². The van der Waals surface area contributed by atoms with Crippen LogP contribution in [0.3, 0.4) is 0 Å². The number of nitrogens with zero attached hydrogens (tertiary/aromatic N) is 4. The van der Waals surface area contributed by atoms with Crippen molar-refractivity contribution >= 4 is 11.7 Å². The minimum absolute atomic E-state index is 0.214. The van der Waals surface area contributed by atoms with E-state index in [1.165, 1.54) is 12.4 Å². The summed E-state index contributed by atoms with van der Waals surface area (Å²) in [7, 11) is 0. The maximum absolute atomic E-state index is 11.7. The number of nitrogen functional groups attached to an aromatic ring is 1. The maximum atomic E-state index is 11.7. The van der Waals surface area contributed by atoms with E-state index < -0.39 is 0 Å². The first-order valence-corrected chi connectivity index (χ1v) is 5.50. The minimum atomic E-state index is -0.293. The Balaban J connectivity index is 1.85. The molecule has 0 spiro atoms. The smallest absolute Gasteiger partial charge is 0.271 e. The molecule has 2 aromatic heterocycles. The lowest BCUT2D eigenvalue weighted by atomic mass is 10.4. The Morgan fingerprint density at radius 1 is 1.44 bits per heavy atom. The van der Waals surface area contributed by atoms with E-state index in [4.69, 9.17) is 5.73 Å². The first kappa shape index (κ1) is 12.0. The number of amides is 1. The van der Waals surface area contributed by atoms with Crippen molar-refractivity contribution in [1.82, 2.24) is 25.1 Å². The Morgan fingerprint density at radius 3 is 2.94 bits per heavy atom. The number of hydrogen-bond acceptors (Lipinski definition) is 5. The summed E-state index contributed by atoms with van der Waals surface area (Å²) in [6.07, 6.45) is 6.45. The highest BCUT2D eigenvalue weighted by molar-refractivity contribution is 5.92. The van der Waals surface area contributed by atoms with Crippen LogP contribution in [0.25, 0.3) is 0 Å². The van der Waals surface area contributed by atoms with Crippen LogP contribution in [0.4, 0.5) is 5.82 Å². The van der Waals surface area contributed by atoms with E-state index in [1.807, 2.05) is 13.1 Å². The Bertz CT molecular complexity index is 550. The second-order valence-corrected chi connectivity index (χ2v) is 3.87. The lowest BCUT2D eigenvalue weighted by molar-refractivity contribution is 0.0946. The number of nitrogens with one attached hydrogen (secondary N) is 1. The summed E-state index contributed by atoms with van der Waals surface area (Å²) < 4.78 is 1.76. The molecule has 0 atom stereocenters. The van der Waals surface area contributed by atoms with Crippen LogP contribution in [0.1, 0.15) is 16.1 Å². The van der Waals surface area contributed by atoms with Crippen molar-refractivity contribution in [2.75, 3.05) is 12.3 Å². The van der Waals surface area contributed by atoms with Crippen LogP contribution in [0.15, 0.2) is 24.8 Å². The second-order valence-electron chi connectivity index (χ2n) is 3.87. The van der Waals surface area contributed by atoms with Gasteiger partial charge in [0.2, 0.25) is 0 Å². The van der Waals surface area contributed by atoms with Gasteiger partial charge in [0.1, 0.15) is 11.5 Å². The number of hydrogen-bond donors (Lipinski definition) is 2. The summed E-state index contributed by atoms with van der Waals surface area (Å²) in [5.41, 5.74) is 6.75. The monoisotopic (exact) mass is 246 g/mol. The molecule has 7 heteroatoms. The fourth-order valence-corrected chi connectivity index (χ4v) is 1.45. The van der Waals surface area contributed by atoms with Gasteiger partial charge >= 0.3 is 0 Å². The van der Waals surface area contributed by atoms with Gasteiger partial charge in [-0.25, -0.2) is 4.98 Å². The van der Waals surface area contributed by atoms with Crippen molar-refractivity contribution in [3.05, 3.63) is 36.0 Å². The van der Waals surface area contributed by atoms with Gasteiger partial charge in [-0.05, 0) is 12.5 Å². The fraction of sp³-hybridized carbons (Fsp3) is 0.273. The summed E-state index contributed by atoms with van der Waals surface area (Å²) >= 11 is 0. The Morgan fingerprint density at radius 2 is 2.28 bits per heavy atom. The largest absolute Gasteiger partial charge is 0.382 e. The number of carbonyl (C=O) groups is 1. The van der Waals surface area contributed by atoms with Gasteiger partial charge in [-0.15, -0.1) is 0 Å². The van der Waals surface area contributed by atoms with Gasteiger partial charge in [0, 0.05) is 12.7 Å². The predicted octanol–water partition coefficient (Wildman–Crippen LogP) is -0.00628. The molecule has 0 radical (unpaired) electrons. The fourth-order valence-electron chi connectivity index (χ4n) is 1.45. The van der Waals surface area contributed by atoms with Gasteiger partial charge in [0.25, 0.3) is 5.91 Å². The maximum Gasteiger partial charge on any atom is 0.271 e. The van der Waals surface area contributed by atoms with Crippen molar-refractivity contribution in [2.45, 2.75) is 13.5 Å². The molecule has 94 valence electrons. The van der Waals surface area contributed by atoms with Crippen LogP contribution < -0.4 is 11.1 Å². The molecule has 0 unspecified atom stereocenters. The Kier molecular flexibility index (Phi) is 3.52. The molecule has 0 aliphatic carbocycles. The topological polar surface area (TPSA) is 98.7 Å². The van der Waals surface area contributed by atoms with E-state index in [-0.39, 0.29) is 17.4 Å². The van der Waals surface area contributed by atoms with Gasteiger partial charge in [-0.1, -0.05) is 0 Å². The number of carbonyl (C=O) groups excluding carboxylic acids is 1. The van der Waals surface area contributed by atoms with Crippen LogP contribution in [-0.4, -0.2) is 32.2 Å². The molecule has 0 aliphatic heterocycles. The Hall–Kier alpha value is -2.44. The quantitative estimate of drug-likeness (QED) is 0.790. The van der Waals surface area contributed by atoms with Crippen molar-refractivity contribution in [3.63, 3.8) is 0 Å². The third-order valence-corrected chi connectivity index (χ3v) is 2.27. The average Bonchev–Trinajstić information content (AvgIpc) is 2.75. The molecule has 0 fully saturated rings. The molecule has 3 N–H and O–H groups in total. The number of nitrogens with two attached hydrogens (primary N) is 1. The molecule has 0 bridgehead atoms. The summed E-state index contributed by atoms with van der Waals surface area (Å²) in [6.45, 7) is 3.04. The standard InChI is InChI=1S/C11H14N6O/c1-8-4-15-17(7-8)3-2-14-11(18)9-5-13-6-10(12)16-9/h4-7H,2-3H2,1H3,(H2,12,16)(H,14,18). The van der Waals surface area contributed by atoms with Crippen LogP contribution in [0, 0.1) is 6.92 Å². The van der Waals surface area contributed by atoms with Crippen LogP contribution in [0.5, 0.6) is 0 Å². The zero-order valence-electron chi connectivity index (χ0n) is 10.00. The number of rotatable bonds is 4. The van der Waals surface area contributed by atoms with E-state index in [2.05, 4.69) is 20.4 Å². The van der Waals surface area contributed by atoms with Crippen LogP contribution in [0.2, 0.25) is 0 Å². The lowest BCUT2D eigenvalue weighted by Gasteiger charge is -2.04. The highest BCUT2D eigenvalue weighted by Crippen LogP contribution is 1.97. The predicted molar refractivity (Wildman–Crippen MR) is 65.7 cm³/mol. The summed E-state index contributed by atoms with van der Waals surface area (Å²) in [5.74, 6) is -0.0657. The molecule has 2 aromatic rings. The van der Waals surface area contributed by atoms with E-state index in [9.17, 15) is 4.79 Å². The zero-order valence-corrected chi connectivity index (χ0v) is 10.00. The van der Waals surface area contributed by atoms with Gasteiger partial charge in [-0.2, -0.15) is 5.10 Å². The molecular formula is C11H14N6O. The minimum Gasteiger partial charge on any atom is -0.382 e. The molecule has 0 aromatic carbocycles. The highest BCUT2D eigenvalue weighted by Gasteiger charge is 2.07. The SMILES string of the molecule is Cc1cnn(CCNC(=O)c2cncc(N)n2)c1. The van der Waals surface area contributed by atoms with E-state index >= 15 is 0 Å². The van der Waals surface area contributed by atoms with E-state index in [0.717, 1.165) is 5.56 Å². The molecule has 2 rings (SSSR count). The molecule has 2 heterocycles. The van der Waals surface area contributed by atoms with Crippen LogP contribution in [-0.2, 0) is 6.54 Å². The van der Waals surface area contributed by atoms with Crippen molar-refractivity contribution in [1.29, 1.82) is 0 Å². The first-order chi connectivity index (χ1) is 8.65. The zero-order chi connectivity index (χ0) is 13.0. The normalized spacial score (nSPS) is 10.3. The van der Waals surface area contributed by atoms with E-state index in [1.54, 1.807) is 10.9 Å². The molecule has 7 nitrogen and oxygen atoms in total. The van der Waals surface area contributed by atoms with Gasteiger partial charge in [-0.3, -0.25) is 14.5 Å². The molecular weight excluding hydrogens is 232 g/mol. The molecule has 18 heavy (non-hydrogen) atoms. The van der Waals surface area contributed by atoms with E-state index in [0.29, 0.717) is 13.1 Å². The summed E-state index contributed by atoms with van der Waals surface area (Å²) in [6, 6.07) is 0. The lowest BCUT2D eigenvalue weighted by Crippen LogP contribution is -2.28. The number of aryl methyl sites for hydroxylation is 1.